The van der Waals surface area contributed by atoms with Crippen LogP contribution in [0.5, 0.6) is 5.75 Å². The minimum absolute atomic E-state index is 0.0512. The topological polar surface area (TPSA) is 76.8 Å². The molecule has 0 amide bonds. The first-order chi connectivity index (χ1) is 12.9. The number of carbonyl (C=O) groups excluding carboxylic acids is 1. The predicted molar refractivity (Wildman–Crippen MR) is 103 cm³/mol. The van der Waals surface area contributed by atoms with Crippen molar-refractivity contribution >= 4 is 32.5 Å². The average molecular weight is 385 g/mol. The number of carbonyl (C=O) groups is 1. The molecule has 0 aliphatic carbocycles. The Hall–Kier alpha value is -2.80. The summed E-state index contributed by atoms with van der Waals surface area (Å²) in [6.45, 7) is 2.04. The van der Waals surface area contributed by atoms with Gasteiger partial charge in [0.2, 0.25) is 15.8 Å². The van der Waals surface area contributed by atoms with Gasteiger partial charge in [-0.2, -0.15) is 0 Å². The van der Waals surface area contributed by atoms with Crippen LogP contribution in [0.4, 0.5) is 5.69 Å². The first-order valence-corrected chi connectivity index (χ1v) is 10.3. The minimum Gasteiger partial charge on any atom is -0.497 e. The molecule has 0 saturated heterocycles. The molecule has 0 saturated carbocycles. The highest BCUT2D eigenvalue weighted by Crippen LogP contribution is 2.32. The van der Waals surface area contributed by atoms with E-state index in [4.69, 9.17) is 9.15 Å². The Morgan fingerprint density at radius 2 is 2.00 bits per heavy atom. The molecule has 0 N–H and O–H groups in total. The second-order valence-corrected chi connectivity index (χ2v) is 8.59. The van der Waals surface area contributed by atoms with Crippen molar-refractivity contribution in [1.82, 2.24) is 0 Å². The molecule has 0 bridgehead atoms. The third-order valence-electron chi connectivity index (χ3n) is 4.85. The van der Waals surface area contributed by atoms with E-state index in [0.29, 0.717) is 35.5 Å². The summed E-state index contributed by atoms with van der Waals surface area (Å²) in [5.74, 6) is 0.722. The highest BCUT2D eigenvalue weighted by molar-refractivity contribution is 7.92. The van der Waals surface area contributed by atoms with Crippen LogP contribution in [0.3, 0.4) is 0 Å². The van der Waals surface area contributed by atoms with E-state index in [1.54, 1.807) is 44.4 Å². The molecule has 0 radical (unpaired) electrons. The summed E-state index contributed by atoms with van der Waals surface area (Å²) in [6, 6.07) is 12.2. The maximum absolute atomic E-state index is 12.8. The van der Waals surface area contributed by atoms with Crippen molar-refractivity contribution in [3.63, 3.8) is 0 Å². The van der Waals surface area contributed by atoms with Gasteiger partial charge >= 0.3 is 0 Å². The maximum Gasteiger partial charge on any atom is 0.234 e. The van der Waals surface area contributed by atoms with Gasteiger partial charge in [-0.15, -0.1) is 0 Å². The number of ketones is 1. The molecule has 4 rings (SSSR count). The van der Waals surface area contributed by atoms with Crippen molar-refractivity contribution in [2.24, 2.45) is 0 Å². The fourth-order valence-electron chi connectivity index (χ4n) is 3.35. The summed E-state index contributed by atoms with van der Waals surface area (Å²) in [7, 11) is -1.73. The first kappa shape index (κ1) is 17.6. The van der Waals surface area contributed by atoms with Gasteiger partial charge in [0.15, 0.2) is 5.76 Å². The van der Waals surface area contributed by atoms with Crippen molar-refractivity contribution in [3.05, 3.63) is 59.4 Å². The summed E-state index contributed by atoms with van der Waals surface area (Å²) in [6.07, 6.45) is 0.590. The predicted octanol–water partition coefficient (Wildman–Crippen LogP) is 3.38. The summed E-state index contributed by atoms with van der Waals surface area (Å²) in [4.78, 5) is 12.8. The molecule has 2 aromatic carbocycles. The molecular weight excluding hydrogens is 366 g/mol. The van der Waals surface area contributed by atoms with Crippen LogP contribution in [0.15, 0.2) is 46.9 Å². The van der Waals surface area contributed by atoms with Gasteiger partial charge in [0, 0.05) is 23.6 Å². The number of sulfonamides is 1. The summed E-state index contributed by atoms with van der Waals surface area (Å²) < 4.78 is 36.7. The number of fused-ring (bicyclic) bond motifs is 2. The van der Waals surface area contributed by atoms with Crippen molar-refractivity contribution in [3.8, 4) is 5.75 Å². The van der Waals surface area contributed by atoms with Crippen molar-refractivity contribution in [2.75, 3.05) is 23.7 Å². The van der Waals surface area contributed by atoms with Gasteiger partial charge < -0.3 is 9.15 Å². The molecular formula is C20H19NO5S. The number of furan rings is 1. The van der Waals surface area contributed by atoms with E-state index in [1.165, 1.54) is 4.31 Å². The Labute approximate surface area is 157 Å². The van der Waals surface area contributed by atoms with Crippen LogP contribution >= 0.6 is 0 Å². The van der Waals surface area contributed by atoms with Crippen molar-refractivity contribution < 1.29 is 22.4 Å². The molecule has 1 aliphatic rings. The second kappa shape index (κ2) is 6.42. The van der Waals surface area contributed by atoms with Gasteiger partial charge in [-0.25, -0.2) is 8.42 Å². The minimum atomic E-state index is -3.30. The molecule has 0 unspecified atom stereocenters. The standard InChI is InChI=1S/C20H19NO5S/c1-3-27(23,24)21-9-8-13-10-15(5-7-17(13)21)20(22)19-11-14-4-6-16(25-2)12-18(14)26-19/h4-7,10-12H,3,8-9H2,1-2H3. The highest BCUT2D eigenvalue weighted by atomic mass is 32.2. The van der Waals surface area contributed by atoms with E-state index < -0.39 is 10.0 Å². The smallest absolute Gasteiger partial charge is 0.234 e. The van der Waals surface area contributed by atoms with Gasteiger partial charge in [-0.1, -0.05) is 0 Å². The molecule has 27 heavy (non-hydrogen) atoms. The van der Waals surface area contributed by atoms with Gasteiger partial charge in [0.05, 0.1) is 18.6 Å². The highest BCUT2D eigenvalue weighted by Gasteiger charge is 2.29. The maximum atomic E-state index is 12.8. The summed E-state index contributed by atoms with van der Waals surface area (Å²) >= 11 is 0. The lowest BCUT2D eigenvalue weighted by atomic mass is 10.0. The van der Waals surface area contributed by atoms with Crippen LogP contribution in [0.2, 0.25) is 0 Å². The summed E-state index contributed by atoms with van der Waals surface area (Å²) in [5.41, 5.74) is 2.58. The van der Waals surface area contributed by atoms with E-state index in [0.717, 1.165) is 10.9 Å². The summed E-state index contributed by atoms with van der Waals surface area (Å²) in [5, 5.41) is 0.820. The number of benzene rings is 2. The van der Waals surface area contributed by atoms with Gasteiger partial charge in [0.25, 0.3) is 0 Å². The molecule has 2 heterocycles. The molecule has 3 aromatic rings. The van der Waals surface area contributed by atoms with Crippen LogP contribution < -0.4 is 9.04 Å². The lowest BCUT2D eigenvalue weighted by Crippen LogP contribution is -2.30. The van der Waals surface area contributed by atoms with Crippen LogP contribution in [0.1, 0.15) is 28.6 Å². The fourth-order valence-corrected chi connectivity index (χ4v) is 4.51. The Bertz CT molecular complexity index is 1150. The average Bonchev–Trinajstić information content (AvgIpc) is 3.30. The molecule has 1 aromatic heterocycles. The van der Waals surface area contributed by atoms with Crippen LogP contribution in [0, 0.1) is 0 Å². The number of hydrogen-bond donors (Lipinski definition) is 0. The number of hydrogen-bond acceptors (Lipinski definition) is 5. The number of methoxy groups -OCH3 is 1. The zero-order chi connectivity index (χ0) is 19.2. The Morgan fingerprint density at radius 3 is 2.74 bits per heavy atom. The fraction of sp³-hybridized carbons (Fsp3) is 0.250. The lowest BCUT2D eigenvalue weighted by molar-refractivity contribution is 0.101. The van der Waals surface area contributed by atoms with Gasteiger partial charge in [0.1, 0.15) is 11.3 Å². The zero-order valence-corrected chi connectivity index (χ0v) is 15.9. The lowest BCUT2D eigenvalue weighted by Gasteiger charge is -2.18. The van der Waals surface area contributed by atoms with Crippen LogP contribution in [-0.2, 0) is 16.4 Å². The number of nitrogens with zero attached hydrogens (tertiary/aromatic N) is 1. The normalized spacial score (nSPS) is 13.8. The van der Waals surface area contributed by atoms with E-state index >= 15 is 0 Å². The van der Waals surface area contributed by atoms with E-state index in [-0.39, 0.29) is 17.3 Å². The van der Waals surface area contributed by atoms with Crippen LogP contribution in [0.25, 0.3) is 11.0 Å². The number of anilines is 1. The van der Waals surface area contributed by atoms with Gasteiger partial charge in [-0.3, -0.25) is 9.10 Å². The van der Waals surface area contributed by atoms with Gasteiger partial charge in [-0.05, 0) is 55.3 Å². The molecule has 0 atom stereocenters. The third kappa shape index (κ3) is 2.98. The van der Waals surface area contributed by atoms with E-state index in [1.807, 2.05) is 12.1 Å². The number of ether oxygens (including phenoxy) is 1. The van der Waals surface area contributed by atoms with E-state index in [9.17, 15) is 13.2 Å². The second-order valence-electron chi connectivity index (χ2n) is 6.41. The third-order valence-corrected chi connectivity index (χ3v) is 6.63. The Kier molecular flexibility index (Phi) is 4.19. The molecule has 0 fully saturated rings. The Morgan fingerprint density at radius 1 is 1.19 bits per heavy atom. The van der Waals surface area contributed by atoms with Crippen molar-refractivity contribution in [1.29, 1.82) is 0 Å². The van der Waals surface area contributed by atoms with E-state index in [2.05, 4.69) is 0 Å². The molecule has 0 spiro atoms. The van der Waals surface area contributed by atoms with Crippen molar-refractivity contribution in [2.45, 2.75) is 13.3 Å². The molecule has 140 valence electrons. The monoisotopic (exact) mass is 385 g/mol. The number of rotatable bonds is 5. The molecule has 7 heteroatoms. The molecule has 1 aliphatic heterocycles. The largest absolute Gasteiger partial charge is 0.497 e. The van der Waals surface area contributed by atoms with Crippen LogP contribution in [-0.4, -0.2) is 33.6 Å². The SMILES string of the molecule is CCS(=O)(=O)N1CCc2cc(C(=O)c3cc4ccc(OC)cc4o3)ccc21. The quantitative estimate of drug-likeness (QED) is 0.629. The Balaban J connectivity index is 1.68. The molecule has 6 nitrogen and oxygen atoms in total. The zero-order valence-electron chi connectivity index (χ0n) is 15.1. The first-order valence-electron chi connectivity index (χ1n) is 8.68.